The number of hydrogen-bond acceptors (Lipinski definition) is 0. The fourth-order valence-electron chi connectivity index (χ4n) is 2.88. The summed E-state index contributed by atoms with van der Waals surface area (Å²) in [5, 5.41) is 0. The Morgan fingerprint density at radius 3 is 2.71 bits per heavy atom. The van der Waals surface area contributed by atoms with Gasteiger partial charge in [0, 0.05) is 0 Å². The highest BCUT2D eigenvalue weighted by molar-refractivity contribution is 5.18. The van der Waals surface area contributed by atoms with Gasteiger partial charge in [-0.25, -0.2) is 0 Å². The highest BCUT2D eigenvalue weighted by Gasteiger charge is 2.55. The first-order chi connectivity index (χ1) is 6.62. The Hall–Kier alpha value is -0.520. The van der Waals surface area contributed by atoms with Crippen molar-refractivity contribution in [2.24, 2.45) is 17.3 Å². The normalized spacial score (nSPS) is 35.8. The molecule has 1 fully saturated rings. The molecule has 0 aromatic carbocycles. The van der Waals surface area contributed by atoms with E-state index in [0.29, 0.717) is 5.41 Å². The van der Waals surface area contributed by atoms with Crippen molar-refractivity contribution in [2.45, 2.75) is 46.5 Å². The largest absolute Gasteiger partial charge is 0.0885 e. The van der Waals surface area contributed by atoms with Gasteiger partial charge in [-0.3, -0.25) is 0 Å². The highest BCUT2D eigenvalue weighted by Crippen LogP contribution is 2.61. The van der Waals surface area contributed by atoms with E-state index in [-0.39, 0.29) is 0 Å². The maximum absolute atomic E-state index is 2.55. The monoisotopic (exact) mass is 190 g/mol. The van der Waals surface area contributed by atoms with Gasteiger partial charge in [0.2, 0.25) is 0 Å². The standard InChI is InChI=1S/C14H22/c1-11-8-6-4-5-7-9-12-13(10-11)14(12,2)3/h4-5,10,12-13H,6-9H2,1-3H3/t12-,13-/m1/s1. The molecule has 0 bridgehead atoms. The van der Waals surface area contributed by atoms with Crippen LogP contribution < -0.4 is 0 Å². The third-order valence-corrected chi connectivity index (χ3v) is 4.12. The first kappa shape index (κ1) is 10.0. The summed E-state index contributed by atoms with van der Waals surface area (Å²) in [5.41, 5.74) is 2.18. The van der Waals surface area contributed by atoms with Gasteiger partial charge in [0.25, 0.3) is 0 Å². The second kappa shape index (κ2) is 3.56. The Morgan fingerprint density at radius 1 is 1.21 bits per heavy atom. The van der Waals surface area contributed by atoms with Crippen LogP contribution in [0.2, 0.25) is 0 Å². The van der Waals surface area contributed by atoms with Gasteiger partial charge in [-0.2, -0.15) is 0 Å². The molecule has 2 atom stereocenters. The van der Waals surface area contributed by atoms with Gasteiger partial charge in [-0.05, 0) is 49.9 Å². The topological polar surface area (TPSA) is 0 Å². The molecule has 2 aliphatic rings. The summed E-state index contributed by atoms with van der Waals surface area (Å²) in [6.07, 6.45) is 12.5. The van der Waals surface area contributed by atoms with Crippen LogP contribution >= 0.6 is 0 Å². The summed E-state index contributed by atoms with van der Waals surface area (Å²) in [4.78, 5) is 0. The summed E-state index contributed by atoms with van der Waals surface area (Å²) in [7, 11) is 0. The summed E-state index contributed by atoms with van der Waals surface area (Å²) < 4.78 is 0. The van der Waals surface area contributed by atoms with Gasteiger partial charge in [0.05, 0.1) is 0 Å². The van der Waals surface area contributed by atoms with Crippen molar-refractivity contribution in [3.8, 4) is 0 Å². The third-order valence-electron chi connectivity index (χ3n) is 4.12. The summed E-state index contributed by atoms with van der Waals surface area (Å²) in [6, 6.07) is 0. The molecule has 0 radical (unpaired) electrons. The van der Waals surface area contributed by atoms with Crippen molar-refractivity contribution in [3.63, 3.8) is 0 Å². The van der Waals surface area contributed by atoms with E-state index in [4.69, 9.17) is 0 Å². The molecule has 0 saturated heterocycles. The predicted octanol–water partition coefficient (Wildman–Crippen LogP) is 4.34. The Balaban J connectivity index is 2.10. The van der Waals surface area contributed by atoms with E-state index in [1.807, 2.05) is 0 Å². The van der Waals surface area contributed by atoms with Crippen LogP contribution in [0.3, 0.4) is 0 Å². The minimum absolute atomic E-state index is 0.583. The molecular weight excluding hydrogens is 168 g/mol. The van der Waals surface area contributed by atoms with Crippen molar-refractivity contribution in [3.05, 3.63) is 23.8 Å². The van der Waals surface area contributed by atoms with Crippen LogP contribution in [0.25, 0.3) is 0 Å². The van der Waals surface area contributed by atoms with Crippen LogP contribution in [0.4, 0.5) is 0 Å². The lowest BCUT2D eigenvalue weighted by Gasteiger charge is -2.01. The van der Waals surface area contributed by atoms with Crippen LogP contribution in [0.15, 0.2) is 23.8 Å². The van der Waals surface area contributed by atoms with Crippen molar-refractivity contribution in [2.75, 3.05) is 0 Å². The SMILES string of the molecule is CC1=C[C@@H]2[C@@H](CCC=CCC1)C2(C)C. The number of allylic oxidation sites excluding steroid dienone is 4. The van der Waals surface area contributed by atoms with Crippen LogP contribution in [0.1, 0.15) is 46.5 Å². The molecule has 0 aromatic heterocycles. The molecule has 0 heteroatoms. The average Bonchev–Trinajstić information content (AvgIpc) is 2.63. The second-order valence-electron chi connectivity index (χ2n) is 5.55. The minimum Gasteiger partial charge on any atom is -0.0885 e. The van der Waals surface area contributed by atoms with Crippen LogP contribution in [-0.4, -0.2) is 0 Å². The Bertz CT molecular complexity index is 268. The first-order valence-corrected chi connectivity index (χ1v) is 5.94. The van der Waals surface area contributed by atoms with Gasteiger partial charge in [0.15, 0.2) is 0 Å². The van der Waals surface area contributed by atoms with Crippen molar-refractivity contribution < 1.29 is 0 Å². The maximum atomic E-state index is 2.55. The fourth-order valence-corrected chi connectivity index (χ4v) is 2.88. The molecule has 78 valence electrons. The molecule has 2 aliphatic carbocycles. The quantitative estimate of drug-likeness (QED) is 0.499. The van der Waals surface area contributed by atoms with E-state index in [0.717, 1.165) is 11.8 Å². The van der Waals surface area contributed by atoms with E-state index < -0.39 is 0 Å². The third kappa shape index (κ3) is 1.80. The molecule has 0 heterocycles. The van der Waals surface area contributed by atoms with E-state index >= 15 is 0 Å². The second-order valence-corrected chi connectivity index (χ2v) is 5.55. The lowest BCUT2D eigenvalue weighted by molar-refractivity contribution is 0.532. The van der Waals surface area contributed by atoms with E-state index in [1.165, 1.54) is 25.7 Å². The average molecular weight is 190 g/mol. The molecule has 0 N–H and O–H groups in total. The van der Waals surface area contributed by atoms with Gasteiger partial charge in [-0.1, -0.05) is 37.6 Å². The number of hydrogen-bond donors (Lipinski definition) is 0. The van der Waals surface area contributed by atoms with E-state index in [2.05, 4.69) is 39.0 Å². The number of fused-ring (bicyclic) bond motifs is 1. The molecule has 2 rings (SSSR count). The number of rotatable bonds is 0. The molecule has 1 saturated carbocycles. The van der Waals surface area contributed by atoms with Gasteiger partial charge >= 0.3 is 0 Å². The molecule has 14 heavy (non-hydrogen) atoms. The lowest BCUT2D eigenvalue weighted by atomic mass is 10.1. The molecule has 0 aromatic rings. The highest BCUT2D eigenvalue weighted by atomic mass is 14.6. The summed E-state index contributed by atoms with van der Waals surface area (Å²) in [5.74, 6) is 1.81. The van der Waals surface area contributed by atoms with Crippen LogP contribution in [0, 0.1) is 17.3 Å². The zero-order chi connectivity index (χ0) is 10.2. The molecule has 0 spiro atoms. The Labute approximate surface area is 88.1 Å². The van der Waals surface area contributed by atoms with Crippen molar-refractivity contribution in [1.82, 2.24) is 0 Å². The van der Waals surface area contributed by atoms with E-state index in [9.17, 15) is 0 Å². The van der Waals surface area contributed by atoms with Crippen LogP contribution in [-0.2, 0) is 0 Å². The van der Waals surface area contributed by atoms with Gasteiger partial charge < -0.3 is 0 Å². The minimum atomic E-state index is 0.583. The van der Waals surface area contributed by atoms with Crippen LogP contribution in [0.5, 0.6) is 0 Å². The summed E-state index contributed by atoms with van der Waals surface area (Å²) >= 11 is 0. The molecule has 0 nitrogen and oxygen atoms in total. The molecule has 0 amide bonds. The zero-order valence-corrected chi connectivity index (χ0v) is 9.72. The van der Waals surface area contributed by atoms with Crippen molar-refractivity contribution >= 4 is 0 Å². The first-order valence-electron chi connectivity index (χ1n) is 5.94. The molecular formula is C14H22. The molecule has 0 aliphatic heterocycles. The maximum Gasteiger partial charge on any atom is -0.0143 e. The Kier molecular flexibility index (Phi) is 2.55. The fraction of sp³-hybridized carbons (Fsp3) is 0.714. The zero-order valence-electron chi connectivity index (χ0n) is 9.72. The lowest BCUT2D eigenvalue weighted by Crippen LogP contribution is -1.89. The van der Waals surface area contributed by atoms with Crippen molar-refractivity contribution in [1.29, 1.82) is 0 Å². The predicted molar refractivity (Wildman–Crippen MR) is 62.1 cm³/mol. The van der Waals surface area contributed by atoms with Gasteiger partial charge in [0.1, 0.15) is 0 Å². The van der Waals surface area contributed by atoms with Gasteiger partial charge in [-0.15, -0.1) is 0 Å². The smallest absolute Gasteiger partial charge is 0.0143 e. The van der Waals surface area contributed by atoms with E-state index in [1.54, 1.807) is 5.57 Å². The molecule has 0 unspecified atom stereocenters. The summed E-state index contributed by atoms with van der Waals surface area (Å²) in [6.45, 7) is 7.14. The Morgan fingerprint density at radius 2 is 1.93 bits per heavy atom.